The van der Waals surface area contributed by atoms with Crippen LogP contribution in [-0.4, -0.2) is 23.8 Å². The van der Waals surface area contributed by atoms with Crippen molar-refractivity contribution in [3.63, 3.8) is 0 Å². The number of hydrogen-bond acceptors (Lipinski definition) is 4. The SMILES string of the molecule is CC(=O)Nc1ccc(Nc2ccnc(C(=O)N(C)c3ccccc3)c2)cc1. The van der Waals surface area contributed by atoms with E-state index >= 15 is 0 Å². The number of hydrogen-bond donors (Lipinski definition) is 2. The number of anilines is 4. The largest absolute Gasteiger partial charge is 0.355 e. The predicted molar refractivity (Wildman–Crippen MR) is 107 cm³/mol. The first-order chi connectivity index (χ1) is 13.0. The lowest BCUT2D eigenvalue weighted by molar-refractivity contribution is -0.114. The first-order valence-corrected chi connectivity index (χ1v) is 8.47. The number of aromatic nitrogens is 1. The first kappa shape index (κ1) is 18.1. The molecule has 6 nitrogen and oxygen atoms in total. The van der Waals surface area contributed by atoms with Gasteiger partial charge in [-0.25, -0.2) is 0 Å². The molecule has 136 valence electrons. The van der Waals surface area contributed by atoms with Gasteiger partial charge < -0.3 is 15.5 Å². The van der Waals surface area contributed by atoms with Crippen LogP contribution in [0.25, 0.3) is 0 Å². The van der Waals surface area contributed by atoms with Gasteiger partial charge in [0.1, 0.15) is 5.69 Å². The molecule has 27 heavy (non-hydrogen) atoms. The highest BCUT2D eigenvalue weighted by atomic mass is 16.2. The van der Waals surface area contributed by atoms with Crippen molar-refractivity contribution in [1.29, 1.82) is 0 Å². The van der Waals surface area contributed by atoms with E-state index in [0.29, 0.717) is 5.69 Å². The molecule has 0 aliphatic heterocycles. The van der Waals surface area contributed by atoms with Crippen LogP contribution in [-0.2, 0) is 4.79 Å². The van der Waals surface area contributed by atoms with Crippen LogP contribution in [0.2, 0.25) is 0 Å². The molecule has 2 aromatic carbocycles. The molecule has 0 bridgehead atoms. The zero-order valence-corrected chi connectivity index (χ0v) is 15.1. The van der Waals surface area contributed by atoms with Gasteiger partial charge in [0.05, 0.1) is 0 Å². The molecule has 0 fully saturated rings. The maximum atomic E-state index is 12.7. The number of nitrogens with zero attached hydrogens (tertiary/aromatic N) is 2. The molecule has 0 radical (unpaired) electrons. The Hall–Kier alpha value is -3.67. The number of amides is 2. The second-order valence-electron chi connectivity index (χ2n) is 6.01. The summed E-state index contributed by atoms with van der Waals surface area (Å²) in [4.78, 5) is 29.5. The fraction of sp³-hybridized carbons (Fsp3) is 0.0952. The number of para-hydroxylation sites is 1. The number of pyridine rings is 1. The Morgan fingerprint density at radius 1 is 0.889 bits per heavy atom. The second kappa shape index (κ2) is 8.14. The zero-order valence-electron chi connectivity index (χ0n) is 15.1. The van der Waals surface area contributed by atoms with E-state index in [-0.39, 0.29) is 11.8 Å². The van der Waals surface area contributed by atoms with E-state index in [1.807, 2.05) is 42.5 Å². The number of benzene rings is 2. The molecule has 6 heteroatoms. The molecule has 0 atom stereocenters. The summed E-state index contributed by atoms with van der Waals surface area (Å²) in [6.45, 7) is 1.47. The summed E-state index contributed by atoms with van der Waals surface area (Å²) < 4.78 is 0. The molecular formula is C21H20N4O2. The highest BCUT2D eigenvalue weighted by Gasteiger charge is 2.15. The fourth-order valence-corrected chi connectivity index (χ4v) is 2.57. The summed E-state index contributed by atoms with van der Waals surface area (Å²) >= 11 is 0. The van der Waals surface area contributed by atoms with E-state index in [4.69, 9.17) is 0 Å². The Bertz CT molecular complexity index is 940. The van der Waals surface area contributed by atoms with E-state index in [9.17, 15) is 9.59 Å². The maximum absolute atomic E-state index is 12.7. The molecule has 1 heterocycles. The molecular weight excluding hydrogens is 340 g/mol. The summed E-state index contributed by atoms with van der Waals surface area (Å²) in [5.74, 6) is -0.304. The Kier molecular flexibility index (Phi) is 5.47. The van der Waals surface area contributed by atoms with Crippen molar-refractivity contribution in [3.8, 4) is 0 Å². The van der Waals surface area contributed by atoms with E-state index < -0.39 is 0 Å². The number of carbonyl (C=O) groups is 2. The minimum absolute atomic E-state index is 0.115. The van der Waals surface area contributed by atoms with Crippen LogP contribution >= 0.6 is 0 Å². The number of rotatable bonds is 5. The Morgan fingerprint density at radius 3 is 2.22 bits per heavy atom. The van der Waals surface area contributed by atoms with Gasteiger partial charge >= 0.3 is 0 Å². The molecule has 3 aromatic rings. The van der Waals surface area contributed by atoms with Gasteiger partial charge in [0.2, 0.25) is 5.91 Å². The van der Waals surface area contributed by atoms with Gasteiger partial charge in [-0.3, -0.25) is 14.6 Å². The van der Waals surface area contributed by atoms with Crippen molar-refractivity contribution in [2.45, 2.75) is 6.92 Å². The van der Waals surface area contributed by atoms with Gasteiger partial charge in [0.15, 0.2) is 0 Å². The van der Waals surface area contributed by atoms with Crippen molar-refractivity contribution in [3.05, 3.63) is 78.6 Å². The summed E-state index contributed by atoms with van der Waals surface area (Å²) in [6.07, 6.45) is 1.60. The van der Waals surface area contributed by atoms with E-state index in [2.05, 4.69) is 15.6 Å². The van der Waals surface area contributed by atoms with Crippen LogP contribution in [0.1, 0.15) is 17.4 Å². The standard InChI is InChI=1S/C21H20N4O2/c1-15(26)23-16-8-10-17(11-9-16)24-18-12-13-22-20(14-18)21(27)25(2)19-6-4-3-5-7-19/h3-14H,1-2H3,(H,22,24)(H,23,26). The van der Waals surface area contributed by atoms with E-state index in [0.717, 1.165) is 22.7 Å². The van der Waals surface area contributed by atoms with Crippen LogP contribution in [0.5, 0.6) is 0 Å². The lowest BCUT2D eigenvalue weighted by Crippen LogP contribution is -2.27. The monoisotopic (exact) mass is 360 g/mol. The maximum Gasteiger partial charge on any atom is 0.276 e. The first-order valence-electron chi connectivity index (χ1n) is 8.47. The molecule has 0 aliphatic rings. The lowest BCUT2D eigenvalue weighted by Gasteiger charge is -2.17. The summed E-state index contributed by atoms with van der Waals surface area (Å²) in [5, 5.41) is 5.96. The zero-order chi connectivity index (χ0) is 19.2. The van der Waals surface area contributed by atoms with Gasteiger partial charge in [-0.1, -0.05) is 18.2 Å². The van der Waals surface area contributed by atoms with Crippen molar-refractivity contribution in [2.24, 2.45) is 0 Å². The van der Waals surface area contributed by atoms with Crippen LogP contribution in [0.15, 0.2) is 72.9 Å². The highest BCUT2D eigenvalue weighted by Crippen LogP contribution is 2.20. The Morgan fingerprint density at radius 2 is 1.56 bits per heavy atom. The van der Waals surface area contributed by atoms with Crippen LogP contribution < -0.4 is 15.5 Å². The molecule has 2 N–H and O–H groups in total. The molecule has 1 aromatic heterocycles. The minimum Gasteiger partial charge on any atom is -0.355 e. The number of carbonyl (C=O) groups excluding carboxylic acids is 2. The van der Waals surface area contributed by atoms with E-state index in [1.165, 1.54) is 6.92 Å². The van der Waals surface area contributed by atoms with Crippen LogP contribution in [0.3, 0.4) is 0 Å². The normalized spacial score (nSPS) is 10.1. The van der Waals surface area contributed by atoms with Gasteiger partial charge in [0.25, 0.3) is 5.91 Å². The summed E-state index contributed by atoms with van der Waals surface area (Å²) in [6, 6.07) is 20.2. The Labute approximate surface area is 157 Å². The van der Waals surface area contributed by atoms with Crippen molar-refractivity contribution in [1.82, 2.24) is 4.98 Å². The van der Waals surface area contributed by atoms with E-state index in [1.54, 1.807) is 42.4 Å². The van der Waals surface area contributed by atoms with Crippen molar-refractivity contribution >= 4 is 34.6 Å². The smallest absolute Gasteiger partial charge is 0.276 e. The molecule has 3 rings (SSSR count). The molecule has 0 saturated carbocycles. The van der Waals surface area contributed by atoms with Gasteiger partial charge in [-0.05, 0) is 48.5 Å². The third-order valence-electron chi connectivity index (χ3n) is 3.92. The average molecular weight is 360 g/mol. The van der Waals surface area contributed by atoms with Crippen LogP contribution in [0, 0.1) is 0 Å². The second-order valence-corrected chi connectivity index (χ2v) is 6.01. The van der Waals surface area contributed by atoms with Gasteiger partial charge in [-0.2, -0.15) is 0 Å². The highest BCUT2D eigenvalue weighted by molar-refractivity contribution is 6.04. The van der Waals surface area contributed by atoms with Gasteiger partial charge in [-0.15, -0.1) is 0 Å². The Balaban J connectivity index is 1.73. The lowest BCUT2D eigenvalue weighted by atomic mass is 10.2. The average Bonchev–Trinajstić information content (AvgIpc) is 2.69. The number of nitrogens with one attached hydrogen (secondary N) is 2. The quantitative estimate of drug-likeness (QED) is 0.719. The third-order valence-corrected chi connectivity index (χ3v) is 3.92. The third kappa shape index (κ3) is 4.70. The molecule has 2 amide bonds. The van der Waals surface area contributed by atoms with Crippen molar-refractivity contribution in [2.75, 3.05) is 22.6 Å². The topological polar surface area (TPSA) is 74.3 Å². The molecule has 0 aliphatic carbocycles. The minimum atomic E-state index is -0.189. The molecule has 0 unspecified atom stereocenters. The molecule has 0 spiro atoms. The van der Waals surface area contributed by atoms with Crippen LogP contribution in [0.4, 0.5) is 22.7 Å². The summed E-state index contributed by atoms with van der Waals surface area (Å²) in [5.41, 5.74) is 3.47. The summed E-state index contributed by atoms with van der Waals surface area (Å²) in [7, 11) is 1.72. The van der Waals surface area contributed by atoms with Gasteiger partial charge in [0, 0.05) is 42.9 Å². The van der Waals surface area contributed by atoms with Crippen molar-refractivity contribution < 1.29 is 9.59 Å². The predicted octanol–water partition coefficient (Wildman–Crippen LogP) is 4.06. The fourth-order valence-electron chi connectivity index (χ4n) is 2.57. The molecule has 0 saturated heterocycles.